The van der Waals surface area contributed by atoms with E-state index < -0.39 is 0 Å². The SMILES string of the molecule is Cc1csc([C@H]2CCCN(C(=O)[C@H](C)n3ccnc3)C2)n1. The number of aromatic nitrogens is 3. The van der Waals surface area contributed by atoms with E-state index in [1.54, 1.807) is 23.9 Å². The van der Waals surface area contributed by atoms with Gasteiger partial charge in [-0.05, 0) is 26.7 Å². The molecule has 1 saturated heterocycles. The highest BCUT2D eigenvalue weighted by Gasteiger charge is 2.29. The molecule has 21 heavy (non-hydrogen) atoms. The van der Waals surface area contributed by atoms with Crippen LogP contribution in [0.3, 0.4) is 0 Å². The minimum absolute atomic E-state index is 0.172. The highest BCUT2D eigenvalue weighted by Crippen LogP contribution is 2.30. The first-order valence-electron chi connectivity index (χ1n) is 7.33. The van der Waals surface area contributed by atoms with E-state index in [2.05, 4.69) is 15.3 Å². The summed E-state index contributed by atoms with van der Waals surface area (Å²) in [6.07, 6.45) is 7.42. The van der Waals surface area contributed by atoms with Crippen molar-refractivity contribution in [3.8, 4) is 0 Å². The normalized spacial score (nSPS) is 20.5. The number of likely N-dealkylation sites (tertiary alicyclic amines) is 1. The largest absolute Gasteiger partial charge is 0.340 e. The maximum absolute atomic E-state index is 12.6. The van der Waals surface area contributed by atoms with Gasteiger partial charge in [-0.2, -0.15) is 0 Å². The fourth-order valence-corrected chi connectivity index (χ4v) is 3.75. The molecule has 1 aliphatic heterocycles. The van der Waals surface area contributed by atoms with E-state index in [0.29, 0.717) is 5.92 Å². The van der Waals surface area contributed by atoms with Crippen molar-refractivity contribution in [1.82, 2.24) is 19.4 Å². The first-order chi connectivity index (χ1) is 10.1. The second kappa shape index (κ2) is 5.97. The molecule has 1 amide bonds. The highest BCUT2D eigenvalue weighted by molar-refractivity contribution is 7.09. The molecule has 2 atom stereocenters. The predicted octanol–water partition coefficient (Wildman–Crippen LogP) is 2.62. The van der Waals surface area contributed by atoms with Gasteiger partial charge in [0, 0.05) is 42.5 Å². The molecule has 0 bridgehead atoms. The zero-order chi connectivity index (χ0) is 14.8. The predicted molar refractivity (Wildman–Crippen MR) is 82.3 cm³/mol. The Hall–Kier alpha value is -1.69. The van der Waals surface area contributed by atoms with Crippen LogP contribution in [-0.2, 0) is 4.79 Å². The topological polar surface area (TPSA) is 51.0 Å². The van der Waals surface area contributed by atoms with Crippen molar-refractivity contribution in [3.63, 3.8) is 0 Å². The van der Waals surface area contributed by atoms with Crippen molar-refractivity contribution in [3.05, 3.63) is 34.8 Å². The van der Waals surface area contributed by atoms with Gasteiger partial charge >= 0.3 is 0 Å². The molecule has 0 saturated carbocycles. The van der Waals surface area contributed by atoms with Gasteiger partial charge in [-0.25, -0.2) is 9.97 Å². The third-order valence-corrected chi connectivity index (χ3v) is 5.17. The summed E-state index contributed by atoms with van der Waals surface area (Å²) < 4.78 is 1.86. The van der Waals surface area contributed by atoms with Crippen molar-refractivity contribution in [2.45, 2.75) is 38.6 Å². The van der Waals surface area contributed by atoms with E-state index >= 15 is 0 Å². The van der Waals surface area contributed by atoms with Gasteiger partial charge in [0.05, 0.1) is 11.3 Å². The van der Waals surface area contributed by atoms with Gasteiger partial charge in [-0.3, -0.25) is 4.79 Å². The van der Waals surface area contributed by atoms with E-state index in [-0.39, 0.29) is 11.9 Å². The van der Waals surface area contributed by atoms with Crippen molar-refractivity contribution in [1.29, 1.82) is 0 Å². The van der Waals surface area contributed by atoms with Crippen LogP contribution in [0, 0.1) is 6.92 Å². The fraction of sp³-hybridized carbons (Fsp3) is 0.533. The molecular weight excluding hydrogens is 284 g/mol. The summed E-state index contributed by atoms with van der Waals surface area (Å²) >= 11 is 1.71. The molecule has 6 heteroatoms. The molecule has 5 nitrogen and oxygen atoms in total. The summed E-state index contributed by atoms with van der Waals surface area (Å²) in [7, 11) is 0. The van der Waals surface area contributed by atoms with Crippen LogP contribution in [0.5, 0.6) is 0 Å². The molecule has 0 unspecified atom stereocenters. The Morgan fingerprint density at radius 2 is 2.38 bits per heavy atom. The summed E-state index contributed by atoms with van der Waals surface area (Å²) in [5.74, 6) is 0.558. The van der Waals surface area contributed by atoms with Gasteiger partial charge in [0.1, 0.15) is 6.04 Å². The minimum atomic E-state index is -0.190. The van der Waals surface area contributed by atoms with Gasteiger partial charge in [0.15, 0.2) is 0 Å². The maximum atomic E-state index is 12.6. The van der Waals surface area contributed by atoms with Gasteiger partial charge in [-0.15, -0.1) is 11.3 Å². The average molecular weight is 304 g/mol. The Morgan fingerprint density at radius 3 is 3.05 bits per heavy atom. The number of hydrogen-bond donors (Lipinski definition) is 0. The van der Waals surface area contributed by atoms with Crippen LogP contribution in [0.15, 0.2) is 24.1 Å². The number of rotatable bonds is 3. The molecule has 2 aromatic rings. The summed E-state index contributed by atoms with van der Waals surface area (Å²) in [5, 5.41) is 3.25. The summed E-state index contributed by atoms with van der Waals surface area (Å²) in [6, 6.07) is -0.190. The molecule has 1 aliphatic rings. The third-order valence-electron chi connectivity index (χ3n) is 4.05. The smallest absolute Gasteiger partial charge is 0.245 e. The summed E-state index contributed by atoms with van der Waals surface area (Å²) in [6.45, 7) is 5.58. The number of hydrogen-bond acceptors (Lipinski definition) is 4. The van der Waals surface area contributed by atoms with E-state index in [4.69, 9.17) is 0 Å². The zero-order valence-corrected chi connectivity index (χ0v) is 13.2. The number of carbonyl (C=O) groups is 1. The van der Waals surface area contributed by atoms with Gasteiger partial charge in [0.25, 0.3) is 0 Å². The molecule has 0 N–H and O–H groups in total. The van der Waals surface area contributed by atoms with Gasteiger partial charge < -0.3 is 9.47 Å². The lowest BCUT2D eigenvalue weighted by Gasteiger charge is -2.33. The summed E-state index contributed by atoms with van der Waals surface area (Å²) in [4.78, 5) is 23.2. The molecule has 0 spiro atoms. The standard InChI is InChI=1S/C15H20N4OS/c1-11-9-21-14(17-11)13-4-3-6-18(8-13)15(20)12(2)19-7-5-16-10-19/h5,7,9-10,12-13H,3-4,6,8H2,1-2H3/t12-,13-/m0/s1. The van der Waals surface area contributed by atoms with Gasteiger partial charge in [0.2, 0.25) is 5.91 Å². The molecule has 0 radical (unpaired) electrons. The molecule has 112 valence electrons. The number of imidazole rings is 1. The van der Waals surface area contributed by atoms with E-state index in [9.17, 15) is 4.79 Å². The van der Waals surface area contributed by atoms with Crippen molar-refractivity contribution in [2.75, 3.05) is 13.1 Å². The highest BCUT2D eigenvalue weighted by atomic mass is 32.1. The van der Waals surface area contributed by atoms with E-state index in [1.807, 2.05) is 29.5 Å². The second-order valence-electron chi connectivity index (χ2n) is 5.64. The lowest BCUT2D eigenvalue weighted by Crippen LogP contribution is -2.42. The molecule has 1 fully saturated rings. The average Bonchev–Trinajstić information content (AvgIpc) is 3.17. The minimum Gasteiger partial charge on any atom is -0.340 e. The van der Waals surface area contributed by atoms with Crippen LogP contribution < -0.4 is 0 Å². The Kier molecular flexibility index (Phi) is 4.05. The van der Waals surface area contributed by atoms with Crippen LogP contribution >= 0.6 is 11.3 Å². The second-order valence-corrected chi connectivity index (χ2v) is 6.53. The van der Waals surface area contributed by atoms with Crippen molar-refractivity contribution in [2.24, 2.45) is 0 Å². The third kappa shape index (κ3) is 3.00. The Bertz CT molecular complexity index is 607. The maximum Gasteiger partial charge on any atom is 0.245 e. The first-order valence-corrected chi connectivity index (χ1v) is 8.21. The van der Waals surface area contributed by atoms with E-state index in [1.165, 1.54) is 5.01 Å². The first kappa shape index (κ1) is 14.3. The number of amides is 1. The van der Waals surface area contributed by atoms with Crippen molar-refractivity contribution >= 4 is 17.2 Å². The van der Waals surface area contributed by atoms with Crippen molar-refractivity contribution < 1.29 is 4.79 Å². The molecule has 0 aromatic carbocycles. The lowest BCUT2D eigenvalue weighted by atomic mass is 9.98. The van der Waals surface area contributed by atoms with Crippen LogP contribution in [0.1, 0.15) is 42.4 Å². The zero-order valence-electron chi connectivity index (χ0n) is 12.4. The number of nitrogens with zero attached hydrogens (tertiary/aromatic N) is 4. The molecule has 3 rings (SSSR count). The number of thiazole rings is 1. The molecule has 2 aromatic heterocycles. The number of aryl methyl sites for hydroxylation is 1. The summed E-state index contributed by atoms with van der Waals surface area (Å²) in [5.41, 5.74) is 1.07. The number of piperidine rings is 1. The van der Waals surface area contributed by atoms with E-state index in [0.717, 1.165) is 31.6 Å². The molecule has 0 aliphatic carbocycles. The molecular formula is C15H20N4OS. The Morgan fingerprint density at radius 1 is 1.52 bits per heavy atom. The molecule has 3 heterocycles. The fourth-order valence-electron chi connectivity index (χ4n) is 2.83. The van der Waals surface area contributed by atoms with Crippen LogP contribution in [0.4, 0.5) is 0 Å². The van der Waals surface area contributed by atoms with Crippen LogP contribution in [-0.4, -0.2) is 38.4 Å². The quantitative estimate of drug-likeness (QED) is 0.876. The van der Waals surface area contributed by atoms with Gasteiger partial charge in [-0.1, -0.05) is 0 Å². The van der Waals surface area contributed by atoms with Crippen LogP contribution in [0.2, 0.25) is 0 Å². The Labute approximate surface area is 128 Å². The number of carbonyl (C=O) groups excluding carboxylic acids is 1. The lowest BCUT2D eigenvalue weighted by molar-refractivity contribution is -0.135. The van der Waals surface area contributed by atoms with Crippen LogP contribution in [0.25, 0.3) is 0 Å². The monoisotopic (exact) mass is 304 g/mol. The Balaban J connectivity index is 1.69.